The number of anilines is 1. The van der Waals surface area contributed by atoms with Crippen LogP contribution >= 0.6 is 0 Å². The van der Waals surface area contributed by atoms with Gasteiger partial charge in [-0.2, -0.15) is 13.2 Å². The van der Waals surface area contributed by atoms with Gasteiger partial charge in [0.1, 0.15) is 23.2 Å². The minimum Gasteiger partial charge on any atom is -0.351 e. The second-order valence-corrected chi connectivity index (χ2v) is 7.70. The summed E-state index contributed by atoms with van der Waals surface area (Å²) in [5.41, 5.74) is 0.893. The second kappa shape index (κ2) is 12.3. The van der Waals surface area contributed by atoms with Crippen LogP contribution < -0.4 is 5.32 Å². The van der Waals surface area contributed by atoms with Crippen molar-refractivity contribution in [2.24, 2.45) is 0 Å². The van der Waals surface area contributed by atoms with Gasteiger partial charge in [0.25, 0.3) is 0 Å². The van der Waals surface area contributed by atoms with E-state index in [1.165, 1.54) is 12.5 Å². The van der Waals surface area contributed by atoms with E-state index in [2.05, 4.69) is 34.1 Å². The Balaban J connectivity index is 0.00000199. The Labute approximate surface area is 200 Å². The van der Waals surface area contributed by atoms with E-state index in [0.29, 0.717) is 11.3 Å². The van der Waals surface area contributed by atoms with Crippen molar-refractivity contribution in [3.8, 4) is 17.1 Å². The SMILES string of the molecule is CC.CCCC(CCC)Nc1ncc(C(F)(F)F)c(-c2cn(-c3ccc(C=O)cc3C)cn2)n1.[HH]. The predicted octanol–water partition coefficient (Wildman–Crippen LogP) is 7.12. The number of benzene rings is 1. The molecule has 0 aliphatic carbocycles. The highest BCUT2D eigenvalue weighted by Gasteiger charge is 2.36. The van der Waals surface area contributed by atoms with Crippen molar-refractivity contribution >= 4 is 12.2 Å². The maximum absolute atomic E-state index is 13.7. The third kappa shape index (κ3) is 6.65. The van der Waals surface area contributed by atoms with Gasteiger partial charge in [0.05, 0.1) is 6.33 Å². The van der Waals surface area contributed by atoms with Crippen molar-refractivity contribution in [1.29, 1.82) is 0 Å². The van der Waals surface area contributed by atoms with Gasteiger partial charge in [-0.25, -0.2) is 15.0 Å². The summed E-state index contributed by atoms with van der Waals surface area (Å²) in [5.74, 6) is 0.154. The average Bonchev–Trinajstić information content (AvgIpc) is 3.30. The largest absolute Gasteiger partial charge is 0.420 e. The zero-order valence-electron chi connectivity index (χ0n) is 20.3. The van der Waals surface area contributed by atoms with Crippen LogP contribution in [0.4, 0.5) is 19.1 Å². The third-order valence-corrected chi connectivity index (χ3v) is 5.16. The number of imidazole rings is 1. The summed E-state index contributed by atoms with van der Waals surface area (Å²) in [6.07, 6.45) is 3.50. The smallest absolute Gasteiger partial charge is 0.351 e. The van der Waals surface area contributed by atoms with E-state index < -0.39 is 11.7 Å². The third-order valence-electron chi connectivity index (χ3n) is 5.16. The Hall–Kier alpha value is -3.23. The number of nitrogens with one attached hydrogen (secondary N) is 1. The Morgan fingerprint density at radius 3 is 2.38 bits per heavy atom. The van der Waals surface area contributed by atoms with Crippen LogP contribution in [-0.4, -0.2) is 31.8 Å². The van der Waals surface area contributed by atoms with Crippen molar-refractivity contribution in [3.63, 3.8) is 0 Å². The molecule has 6 nitrogen and oxygen atoms in total. The molecule has 3 rings (SSSR count). The number of aldehydes is 1. The van der Waals surface area contributed by atoms with E-state index in [-0.39, 0.29) is 24.8 Å². The normalized spacial score (nSPS) is 11.2. The monoisotopic (exact) mass is 477 g/mol. The van der Waals surface area contributed by atoms with Crippen LogP contribution in [0.3, 0.4) is 0 Å². The molecule has 2 aromatic heterocycles. The van der Waals surface area contributed by atoms with Crippen LogP contribution in [0, 0.1) is 6.92 Å². The highest BCUT2D eigenvalue weighted by Crippen LogP contribution is 2.36. The second-order valence-electron chi connectivity index (χ2n) is 7.70. The number of aryl methyl sites for hydroxylation is 1. The summed E-state index contributed by atoms with van der Waals surface area (Å²) >= 11 is 0. The average molecular weight is 478 g/mol. The van der Waals surface area contributed by atoms with Gasteiger partial charge in [-0.1, -0.05) is 40.5 Å². The highest BCUT2D eigenvalue weighted by atomic mass is 19.4. The molecule has 0 saturated carbocycles. The number of carbonyl (C=O) groups excluding carboxylic acids is 1. The number of hydrogen-bond acceptors (Lipinski definition) is 5. The summed E-state index contributed by atoms with van der Waals surface area (Å²) in [4.78, 5) is 23.3. The standard InChI is InChI=1S/C23H26F3N5O.C2H6.H2/c1-4-6-17(7-5-2)29-22-27-11-18(23(24,25)26)21(30-22)19-12-31(14-28-19)20-9-8-16(13-32)10-15(20)3;1-2;/h8-14,17H,4-7H2,1-3H3,(H,27,29,30);1-2H3;1H. The fraction of sp³-hybridized carbons (Fsp3) is 0.440. The molecule has 186 valence electrons. The molecule has 0 spiro atoms. The number of nitrogens with zero attached hydrogens (tertiary/aromatic N) is 4. The van der Waals surface area contributed by atoms with Crippen molar-refractivity contribution in [2.75, 3.05) is 5.32 Å². The van der Waals surface area contributed by atoms with Crippen LogP contribution in [-0.2, 0) is 6.18 Å². The molecule has 2 heterocycles. The molecule has 0 fully saturated rings. The lowest BCUT2D eigenvalue weighted by Gasteiger charge is -2.18. The molecule has 9 heteroatoms. The summed E-state index contributed by atoms with van der Waals surface area (Å²) in [6.45, 7) is 9.93. The van der Waals surface area contributed by atoms with E-state index in [9.17, 15) is 18.0 Å². The van der Waals surface area contributed by atoms with Crippen molar-refractivity contribution in [2.45, 2.75) is 72.5 Å². The van der Waals surface area contributed by atoms with Gasteiger partial charge in [-0.05, 0) is 43.5 Å². The van der Waals surface area contributed by atoms with Crippen LogP contribution in [0.5, 0.6) is 0 Å². The number of carbonyl (C=O) groups is 1. The lowest BCUT2D eigenvalue weighted by molar-refractivity contribution is -0.137. The van der Waals surface area contributed by atoms with E-state index in [0.717, 1.165) is 43.7 Å². The molecule has 0 aliphatic rings. The van der Waals surface area contributed by atoms with Crippen LogP contribution in [0.15, 0.2) is 36.9 Å². The molecular weight excluding hydrogens is 443 g/mol. The number of hydrogen-bond donors (Lipinski definition) is 1. The molecule has 1 N–H and O–H groups in total. The molecule has 0 unspecified atom stereocenters. The molecule has 0 aliphatic heterocycles. The van der Waals surface area contributed by atoms with E-state index in [1.807, 2.05) is 20.8 Å². The van der Waals surface area contributed by atoms with E-state index >= 15 is 0 Å². The van der Waals surface area contributed by atoms with Crippen molar-refractivity contribution in [3.05, 3.63) is 53.6 Å². The Morgan fingerprint density at radius 2 is 1.82 bits per heavy atom. The maximum Gasteiger partial charge on any atom is 0.420 e. The molecule has 1 aromatic carbocycles. The Morgan fingerprint density at radius 1 is 1.15 bits per heavy atom. The molecule has 0 saturated heterocycles. The molecule has 34 heavy (non-hydrogen) atoms. The number of rotatable bonds is 9. The fourth-order valence-corrected chi connectivity index (χ4v) is 3.64. The quantitative estimate of drug-likeness (QED) is 0.332. The number of halogens is 3. The van der Waals surface area contributed by atoms with E-state index in [4.69, 9.17) is 0 Å². The predicted molar refractivity (Wildman–Crippen MR) is 130 cm³/mol. The number of aromatic nitrogens is 4. The molecule has 0 amide bonds. The lowest BCUT2D eigenvalue weighted by atomic mass is 10.1. The zero-order chi connectivity index (χ0) is 25.3. The van der Waals surface area contributed by atoms with Gasteiger partial charge in [-0.15, -0.1) is 0 Å². The topological polar surface area (TPSA) is 72.7 Å². The van der Waals surface area contributed by atoms with Crippen molar-refractivity contribution in [1.82, 2.24) is 19.5 Å². The first-order chi connectivity index (χ1) is 16.3. The Kier molecular flexibility index (Phi) is 9.77. The van der Waals surface area contributed by atoms with Crippen LogP contribution in [0.25, 0.3) is 17.1 Å². The molecule has 0 atom stereocenters. The molecule has 0 bridgehead atoms. The first-order valence-corrected chi connectivity index (χ1v) is 11.6. The van der Waals surface area contributed by atoms with Crippen LogP contribution in [0.1, 0.15) is 76.3 Å². The zero-order valence-corrected chi connectivity index (χ0v) is 20.3. The van der Waals surface area contributed by atoms with Gasteiger partial charge in [-0.3, -0.25) is 4.79 Å². The molecule has 3 aromatic rings. The molecular formula is C25H34F3N5O. The number of alkyl halides is 3. The summed E-state index contributed by atoms with van der Waals surface area (Å²) < 4.78 is 42.7. The first-order valence-electron chi connectivity index (χ1n) is 11.6. The van der Waals surface area contributed by atoms with Gasteiger partial charge >= 0.3 is 6.18 Å². The van der Waals surface area contributed by atoms with Gasteiger partial charge in [0.15, 0.2) is 0 Å². The van der Waals surface area contributed by atoms with Gasteiger partial charge < -0.3 is 9.88 Å². The van der Waals surface area contributed by atoms with E-state index in [1.54, 1.807) is 22.8 Å². The highest BCUT2D eigenvalue weighted by molar-refractivity contribution is 5.76. The first kappa shape index (κ1) is 27.0. The Bertz CT molecular complexity index is 1080. The maximum atomic E-state index is 13.7. The minimum absolute atomic E-state index is 0. The summed E-state index contributed by atoms with van der Waals surface area (Å²) in [5, 5.41) is 3.17. The van der Waals surface area contributed by atoms with Crippen molar-refractivity contribution < 1.29 is 19.4 Å². The molecule has 0 radical (unpaired) electrons. The van der Waals surface area contributed by atoms with Crippen LogP contribution in [0.2, 0.25) is 0 Å². The fourth-order valence-electron chi connectivity index (χ4n) is 3.64. The van der Waals surface area contributed by atoms with Gasteiger partial charge in [0, 0.05) is 31.1 Å². The minimum atomic E-state index is -4.62. The summed E-state index contributed by atoms with van der Waals surface area (Å²) in [6, 6.07) is 5.16. The lowest BCUT2D eigenvalue weighted by Crippen LogP contribution is -2.21. The van der Waals surface area contributed by atoms with Gasteiger partial charge in [0.2, 0.25) is 5.95 Å². The summed E-state index contributed by atoms with van der Waals surface area (Å²) in [7, 11) is 0.